The minimum absolute atomic E-state index is 0.0991. The summed E-state index contributed by atoms with van der Waals surface area (Å²) in [5.41, 5.74) is 2.59. The van der Waals surface area contributed by atoms with Crippen molar-refractivity contribution in [3.05, 3.63) is 65.1 Å². The molecule has 0 aliphatic rings. The summed E-state index contributed by atoms with van der Waals surface area (Å²) < 4.78 is 1.97. The van der Waals surface area contributed by atoms with Gasteiger partial charge in [-0.05, 0) is 36.8 Å². The van der Waals surface area contributed by atoms with E-state index in [1.54, 1.807) is 12.4 Å². The van der Waals surface area contributed by atoms with E-state index >= 15 is 0 Å². The predicted molar refractivity (Wildman–Crippen MR) is 88.0 cm³/mol. The average Bonchev–Trinajstić information content (AvgIpc) is 2.91. The zero-order valence-electron chi connectivity index (χ0n) is 12.2. The highest BCUT2D eigenvalue weighted by Gasteiger charge is 2.14. The Morgan fingerprint density at radius 2 is 2.18 bits per heavy atom. The third-order valence-corrected chi connectivity index (χ3v) is 3.83. The van der Waals surface area contributed by atoms with Crippen molar-refractivity contribution in [1.82, 2.24) is 14.9 Å². The molecular weight excluding hydrogens is 298 g/mol. The summed E-state index contributed by atoms with van der Waals surface area (Å²) in [6, 6.07) is 11.3. The molecule has 0 aliphatic carbocycles. The molecule has 0 radical (unpaired) electrons. The monoisotopic (exact) mass is 313 g/mol. The van der Waals surface area contributed by atoms with E-state index in [9.17, 15) is 4.79 Å². The lowest BCUT2D eigenvalue weighted by Crippen LogP contribution is -2.25. The van der Waals surface area contributed by atoms with Gasteiger partial charge in [-0.2, -0.15) is 0 Å². The van der Waals surface area contributed by atoms with Gasteiger partial charge >= 0.3 is 0 Å². The third-order valence-electron chi connectivity index (χ3n) is 3.60. The molecule has 0 bridgehead atoms. The molecule has 112 valence electrons. The fourth-order valence-corrected chi connectivity index (χ4v) is 2.76. The quantitative estimate of drug-likeness (QED) is 0.799. The molecule has 0 unspecified atom stereocenters. The predicted octanol–water partition coefficient (Wildman–Crippen LogP) is 3.64. The minimum Gasteiger partial charge on any atom is -0.347 e. The van der Waals surface area contributed by atoms with E-state index in [0.29, 0.717) is 17.3 Å². The maximum atomic E-state index is 12.5. The highest BCUT2D eigenvalue weighted by molar-refractivity contribution is 6.30. The molecule has 0 aliphatic heterocycles. The van der Waals surface area contributed by atoms with E-state index in [2.05, 4.69) is 10.3 Å². The molecule has 0 saturated heterocycles. The van der Waals surface area contributed by atoms with Gasteiger partial charge in [-0.25, -0.2) is 0 Å². The first-order valence-corrected chi connectivity index (χ1v) is 7.52. The van der Waals surface area contributed by atoms with Crippen LogP contribution in [0.1, 0.15) is 23.0 Å². The van der Waals surface area contributed by atoms with Crippen LogP contribution in [0.5, 0.6) is 0 Å². The van der Waals surface area contributed by atoms with Crippen molar-refractivity contribution in [2.45, 2.75) is 20.0 Å². The highest BCUT2D eigenvalue weighted by Crippen LogP contribution is 2.19. The first-order valence-electron chi connectivity index (χ1n) is 7.15. The molecule has 5 heteroatoms. The van der Waals surface area contributed by atoms with Gasteiger partial charge in [0.15, 0.2) is 0 Å². The minimum atomic E-state index is -0.0991. The molecule has 1 amide bonds. The summed E-state index contributed by atoms with van der Waals surface area (Å²) in [4.78, 5) is 16.6. The number of carbonyl (C=O) groups is 1. The highest BCUT2D eigenvalue weighted by atomic mass is 35.5. The molecule has 3 aromatic rings. The van der Waals surface area contributed by atoms with Crippen LogP contribution in [-0.4, -0.2) is 15.5 Å². The molecule has 0 spiro atoms. The molecule has 3 rings (SSSR count). The molecule has 1 N–H and O–H groups in total. The lowest BCUT2D eigenvalue weighted by molar-refractivity contribution is 0.0942. The zero-order chi connectivity index (χ0) is 15.5. The maximum Gasteiger partial charge on any atom is 0.268 e. The fraction of sp³-hybridized carbons (Fsp3) is 0.176. The summed E-state index contributed by atoms with van der Waals surface area (Å²) in [6.07, 6.45) is 3.52. The van der Waals surface area contributed by atoms with Gasteiger partial charge in [-0.3, -0.25) is 9.78 Å². The van der Waals surface area contributed by atoms with Crippen LogP contribution in [0, 0.1) is 0 Å². The van der Waals surface area contributed by atoms with Crippen LogP contribution in [0.3, 0.4) is 0 Å². The first kappa shape index (κ1) is 14.6. The van der Waals surface area contributed by atoms with Gasteiger partial charge in [-0.15, -0.1) is 0 Å². The number of pyridine rings is 1. The molecule has 1 aromatic carbocycles. The number of nitrogens with one attached hydrogen (secondary N) is 1. The Bertz CT molecular complexity index is 826. The number of benzene rings is 1. The van der Waals surface area contributed by atoms with E-state index in [0.717, 1.165) is 23.0 Å². The summed E-state index contributed by atoms with van der Waals surface area (Å²) in [5, 5.41) is 4.62. The summed E-state index contributed by atoms with van der Waals surface area (Å²) in [6.45, 7) is 3.18. The molecule has 0 fully saturated rings. The van der Waals surface area contributed by atoms with Crippen LogP contribution in [0.25, 0.3) is 10.9 Å². The van der Waals surface area contributed by atoms with E-state index in [1.807, 2.05) is 47.9 Å². The van der Waals surface area contributed by atoms with Gasteiger partial charge in [0, 0.05) is 29.7 Å². The van der Waals surface area contributed by atoms with Gasteiger partial charge in [0.2, 0.25) is 0 Å². The van der Waals surface area contributed by atoms with Crippen LogP contribution in [0.4, 0.5) is 0 Å². The van der Waals surface area contributed by atoms with Crippen LogP contribution in [-0.2, 0) is 13.1 Å². The largest absolute Gasteiger partial charge is 0.347 e. The summed E-state index contributed by atoms with van der Waals surface area (Å²) >= 11 is 5.95. The number of hydrogen-bond acceptors (Lipinski definition) is 2. The smallest absolute Gasteiger partial charge is 0.268 e. The molecule has 4 nitrogen and oxygen atoms in total. The number of carbonyl (C=O) groups excluding carboxylic acids is 1. The SMILES string of the molecule is CCn1c(C(=O)NCc2cccc(Cl)c2)cc2ccncc21. The van der Waals surface area contributed by atoms with Crippen molar-refractivity contribution in [3.8, 4) is 0 Å². The Balaban J connectivity index is 1.83. The normalized spacial score (nSPS) is 10.8. The van der Waals surface area contributed by atoms with Gasteiger partial charge in [0.05, 0.1) is 11.7 Å². The number of amides is 1. The van der Waals surface area contributed by atoms with E-state index in [-0.39, 0.29) is 5.91 Å². The summed E-state index contributed by atoms with van der Waals surface area (Å²) in [7, 11) is 0. The number of fused-ring (bicyclic) bond motifs is 1. The average molecular weight is 314 g/mol. The molecule has 0 atom stereocenters. The van der Waals surface area contributed by atoms with Crippen LogP contribution in [0.2, 0.25) is 5.02 Å². The second-order valence-electron chi connectivity index (χ2n) is 5.02. The van der Waals surface area contributed by atoms with Crippen LogP contribution in [0.15, 0.2) is 48.8 Å². The Morgan fingerprint density at radius 1 is 1.32 bits per heavy atom. The third kappa shape index (κ3) is 2.83. The zero-order valence-corrected chi connectivity index (χ0v) is 13.0. The maximum absolute atomic E-state index is 12.5. The molecular formula is C17H16ClN3O. The second kappa shape index (κ2) is 6.20. The lowest BCUT2D eigenvalue weighted by atomic mass is 10.2. The number of hydrogen-bond donors (Lipinski definition) is 1. The van der Waals surface area contributed by atoms with Gasteiger partial charge in [0.1, 0.15) is 5.69 Å². The van der Waals surface area contributed by atoms with Crippen molar-refractivity contribution >= 4 is 28.4 Å². The van der Waals surface area contributed by atoms with Crippen molar-refractivity contribution in [2.24, 2.45) is 0 Å². The molecule has 22 heavy (non-hydrogen) atoms. The van der Waals surface area contributed by atoms with E-state index in [4.69, 9.17) is 11.6 Å². The molecule has 2 aromatic heterocycles. The van der Waals surface area contributed by atoms with Crippen molar-refractivity contribution in [2.75, 3.05) is 0 Å². The Morgan fingerprint density at radius 3 is 2.95 bits per heavy atom. The second-order valence-corrected chi connectivity index (χ2v) is 5.46. The van der Waals surface area contributed by atoms with Gasteiger partial charge in [-0.1, -0.05) is 23.7 Å². The van der Waals surface area contributed by atoms with Crippen LogP contribution >= 0.6 is 11.6 Å². The van der Waals surface area contributed by atoms with Crippen molar-refractivity contribution in [3.63, 3.8) is 0 Å². The van der Waals surface area contributed by atoms with Crippen LogP contribution < -0.4 is 5.32 Å². The Kier molecular flexibility index (Phi) is 4.11. The van der Waals surface area contributed by atoms with E-state index < -0.39 is 0 Å². The van der Waals surface area contributed by atoms with E-state index in [1.165, 1.54) is 0 Å². The lowest BCUT2D eigenvalue weighted by Gasteiger charge is -2.09. The number of rotatable bonds is 4. The summed E-state index contributed by atoms with van der Waals surface area (Å²) in [5.74, 6) is -0.0991. The number of aryl methyl sites for hydroxylation is 1. The van der Waals surface area contributed by atoms with Gasteiger partial charge < -0.3 is 9.88 Å². The number of halogens is 1. The standard InChI is InChI=1S/C17H16ClN3O/c1-2-21-15(9-13-6-7-19-11-16(13)21)17(22)20-10-12-4-3-5-14(18)8-12/h3-9,11H,2,10H2,1H3,(H,20,22). The number of nitrogens with zero attached hydrogens (tertiary/aromatic N) is 2. The fourth-order valence-electron chi connectivity index (χ4n) is 2.55. The van der Waals surface area contributed by atoms with Crippen molar-refractivity contribution in [1.29, 1.82) is 0 Å². The topological polar surface area (TPSA) is 46.9 Å². The molecule has 0 saturated carbocycles. The molecule has 2 heterocycles. The first-order chi connectivity index (χ1) is 10.7. The Labute approximate surface area is 133 Å². The van der Waals surface area contributed by atoms with Gasteiger partial charge in [0.25, 0.3) is 5.91 Å². The van der Waals surface area contributed by atoms with Crippen molar-refractivity contribution < 1.29 is 4.79 Å². The Hall–Kier alpha value is -2.33. The number of aromatic nitrogens is 2.